The average molecular weight is 484 g/mol. The summed E-state index contributed by atoms with van der Waals surface area (Å²) in [5.41, 5.74) is 7.45. The van der Waals surface area contributed by atoms with Gasteiger partial charge in [-0.25, -0.2) is 0 Å². The van der Waals surface area contributed by atoms with Crippen LogP contribution in [0.5, 0.6) is 5.75 Å². The van der Waals surface area contributed by atoms with Gasteiger partial charge in [0, 0.05) is 44.0 Å². The zero-order valence-corrected chi connectivity index (χ0v) is 22.1. The molecule has 1 aliphatic rings. The number of piperazine rings is 1. The van der Waals surface area contributed by atoms with Crippen LogP contribution in [0.3, 0.4) is 0 Å². The van der Waals surface area contributed by atoms with E-state index in [4.69, 9.17) is 4.74 Å². The largest absolute Gasteiger partial charge is 0.497 e. The van der Waals surface area contributed by atoms with Crippen molar-refractivity contribution in [2.45, 2.75) is 13.5 Å². The van der Waals surface area contributed by atoms with Crippen LogP contribution in [0.4, 0.5) is 5.69 Å². The smallest absolute Gasteiger partial charge is 0.186 e. The Morgan fingerprint density at radius 1 is 0.972 bits per heavy atom. The second-order valence-corrected chi connectivity index (χ2v) is 9.84. The van der Waals surface area contributed by atoms with Gasteiger partial charge in [-0.3, -0.25) is 4.79 Å². The van der Waals surface area contributed by atoms with Gasteiger partial charge >= 0.3 is 0 Å². The lowest BCUT2D eigenvalue weighted by molar-refractivity contribution is 0.104. The number of nitrogens with zero attached hydrogens (tertiary/aromatic N) is 3. The van der Waals surface area contributed by atoms with Crippen molar-refractivity contribution in [1.29, 1.82) is 0 Å². The average Bonchev–Trinajstić information content (AvgIpc) is 2.87. The summed E-state index contributed by atoms with van der Waals surface area (Å²) in [7, 11) is 7.82. The van der Waals surface area contributed by atoms with E-state index in [1.165, 1.54) is 16.8 Å². The first-order chi connectivity index (χ1) is 17.4. The Labute approximate surface area is 215 Å². The van der Waals surface area contributed by atoms with Crippen LogP contribution >= 0.6 is 0 Å². The van der Waals surface area contributed by atoms with Crippen molar-refractivity contribution in [1.82, 2.24) is 9.80 Å². The van der Waals surface area contributed by atoms with Crippen molar-refractivity contribution in [3.8, 4) is 16.9 Å². The normalized spacial score (nSPS) is 14.6. The number of methoxy groups -OCH3 is 1. The number of carbonyl (C=O) groups excluding carboxylic acids is 1. The monoisotopic (exact) mass is 483 g/mol. The van der Waals surface area contributed by atoms with Crippen LogP contribution in [0.25, 0.3) is 17.2 Å². The molecule has 0 N–H and O–H groups in total. The van der Waals surface area contributed by atoms with Crippen molar-refractivity contribution in [2.75, 3.05) is 59.3 Å². The summed E-state index contributed by atoms with van der Waals surface area (Å²) in [5.74, 6) is 0.754. The lowest BCUT2D eigenvalue weighted by Gasteiger charge is -2.34. The molecule has 0 aliphatic carbocycles. The van der Waals surface area contributed by atoms with Crippen LogP contribution in [-0.4, -0.2) is 70.0 Å². The summed E-state index contributed by atoms with van der Waals surface area (Å²) < 4.78 is 5.40. The Morgan fingerprint density at radius 2 is 1.72 bits per heavy atom. The highest BCUT2D eigenvalue weighted by molar-refractivity contribution is 6.08. The predicted molar refractivity (Wildman–Crippen MR) is 150 cm³/mol. The maximum absolute atomic E-state index is 13.4. The third-order valence-corrected chi connectivity index (χ3v) is 6.82. The van der Waals surface area contributed by atoms with E-state index in [0.29, 0.717) is 12.1 Å². The number of rotatable bonds is 8. The first-order valence-electron chi connectivity index (χ1n) is 12.5. The summed E-state index contributed by atoms with van der Waals surface area (Å²) in [4.78, 5) is 20.2. The zero-order chi connectivity index (χ0) is 25.7. The second-order valence-electron chi connectivity index (χ2n) is 9.84. The zero-order valence-electron chi connectivity index (χ0n) is 22.1. The standard InChI is InChI=1S/C31H37N3O2/c1-23-8-6-7-9-28(23)29-13-11-26(34-18-16-33(4)17-19-34)20-24(29)10-15-31(35)30-14-12-27(36-5)21-25(30)22-32(2)3/h6-15,20-21H,16-19,22H2,1-5H3/b15-10+. The van der Waals surface area contributed by atoms with Crippen LogP contribution in [0.1, 0.15) is 27.0 Å². The summed E-state index contributed by atoms with van der Waals surface area (Å²) in [6.07, 6.45) is 3.69. The van der Waals surface area contributed by atoms with Crippen LogP contribution < -0.4 is 9.64 Å². The summed E-state index contributed by atoms with van der Waals surface area (Å²) in [5, 5.41) is 0. The third kappa shape index (κ3) is 6.04. The molecule has 0 spiro atoms. The van der Waals surface area contributed by atoms with Crippen LogP contribution in [0.2, 0.25) is 0 Å². The molecule has 0 amide bonds. The number of ketones is 1. The number of benzene rings is 3. The van der Waals surface area contributed by atoms with E-state index in [0.717, 1.165) is 48.6 Å². The molecule has 1 fully saturated rings. The fourth-order valence-corrected chi connectivity index (χ4v) is 4.73. The highest BCUT2D eigenvalue weighted by atomic mass is 16.5. The van der Waals surface area contributed by atoms with E-state index in [-0.39, 0.29) is 5.78 Å². The number of ether oxygens (including phenoxy) is 1. The number of likely N-dealkylation sites (N-methyl/N-ethyl adjacent to an activating group) is 1. The lowest BCUT2D eigenvalue weighted by Crippen LogP contribution is -2.44. The molecule has 1 heterocycles. The number of hydrogen-bond acceptors (Lipinski definition) is 5. The Balaban J connectivity index is 1.71. The van der Waals surface area contributed by atoms with Crippen LogP contribution in [-0.2, 0) is 6.54 Å². The minimum atomic E-state index is -0.00441. The van der Waals surface area contributed by atoms with E-state index >= 15 is 0 Å². The summed E-state index contributed by atoms with van der Waals surface area (Å²) >= 11 is 0. The van der Waals surface area contributed by atoms with E-state index in [2.05, 4.69) is 71.1 Å². The van der Waals surface area contributed by atoms with Gasteiger partial charge in [-0.1, -0.05) is 36.4 Å². The van der Waals surface area contributed by atoms with E-state index in [1.54, 1.807) is 13.2 Å². The van der Waals surface area contributed by atoms with Gasteiger partial charge in [-0.15, -0.1) is 0 Å². The maximum atomic E-state index is 13.4. The van der Waals surface area contributed by atoms with Gasteiger partial charge in [0.2, 0.25) is 0 Å². The molecule has 0 aromatic heterocycles. The minimum Gasteiger partial charge on any atom is -0.497 e. The molecule has 36 heavy (non-hydrogen) atoms. The molecule has 0 radical (unpaired) electrons. The van der Waals surface area contributed by atoms with Gasteiger partial charge in [0.15, 0.2) is 5.78 Å². The molecule has 0 atom stereocenters. The molecular weight excluding hydrogens is 446 g/mol. The second kappa shape index (κ2) is 11.5. The highest BCUT2D eigenvalue weighted by Gasteiger charge is 2.17. The number of anilines is 1. The van der Waals surface area contributed by atoms with E-state index in [1.807, 2.05) is 38.4 Å². The lowest BCUT2D eigenvalue weighted by atomic mass is 9.94. The van der Waals surface area contributed by atoms with Gasteiger partial charge in [0.25, 0.3) is 0 Å². The predicted octanol–water partition coefficient (Wildman–Crippen LogP) is 5.38. The van der Waals surface area contributed by atoms with Gasteiger partial charge in [-0.05, 0) is 92.3 Å². The molecule has 0 unspecified atom stereocenters. The third-order valence-electron chi connectivity index (χ3n) is 6.82. The van der Waals surface area contributed by atoms with Crippen LogP contribution in [0, 0.1) is 6.92 Å². The molecule has 0 bridgehead atoms. The highest BCUT2D eigenvalue weighted by Crippen LogP contribution is 2.32. The van der Waals surface area contributed by atoms with Gasteiger partial charge in [0.1, 0.15) is 5.75 Å². The summed E-state index contributed by atoms with van der Waals surface area (Å²) in [6, 6.07) is 20.7. The minimum absolute atomic E-state index is 0.00441. The molecule has 4 rings (SSSR count). The topological polar surface area (TPSA) is 36.0 Å². The molecule has 5 nitrogen and oxygen atoms in total. The fourth-order valence-electron chi connectivity index (χ4n) is 4.73. The Bertz CT molecular complexity index is 1240. The quantitative estimate of drug-likeness (QED) is 0.318. The Kier molecular flexibility index (Phi) is 8.24. The molecule has 0 saturated carbocycles. The van der Waals surface area contributed by atoms with Gasteiger partial charge < -0.3 is 19.4 Å². The number of aryl methyl sites for hydroxylation is 1. The van der Waals surface area contributed by atoms with Gasteiger partial charge in [0.05, 0.1) is 7.11 Å². The number of allylic oxidation sites excluding steroid dienone is 1. The molecule has 3 aromatic rings. The first kappa shape index (κ1) is 25.7. The Morgan fingerprint density at radius 3 is 2.42 bits per heavy atom. The van der Waals surface area contributed by atoms with Gasteiger partial charge in [-0.2, -0.15) is 0 Å². The SMILES string of the molecule is COc1ccc(C(=O)/C=C/c2cc(N3CCN(C)CC3)ccc2-c2ccccc2C)c(CN(C)C)c1. The van der Waals surface area contributed by atoms with E-state index < -0.39 is 0 Å². The first-order valence-corrected chi connectivity index (χ1v) is 12.5. The number of hydrogen-bond donors (Lipinski definition) is 0. The van der Waals surface area contributed by atoms with Crippen molar-refractivity contribution < 1.29 is 9.53 Å². The fraction of sp³-hybridized carbons (Fsp3) is 0.323. The molecular formula is C31H37N3O2. The van der Waals surface area contributed by atoms with E-state index in [9.17, 15) is 4.79 Å². The van der Waals surface area contributed by atoms with Crippen molar-refractivity contribution in [3.63, 3.8) is 0 Å². The molecule has 5 heteroatoms. The molecule has 188 valence electrons. The Hall–Kier alpha value is -3.41. The molecule has 3 aromatic carbocycles. The summed E-state index contributed by atoms with van der Waals surface area (Å²) in [6.45, 7) is 6.90. The molecule has 1 aliphatic heterocycles. The van der Waals surface area contributed by atoms with Crippen molar-refractivity contribution >= 4 is 17.5 Å². The van der Waals surface area contributed by atoms with Crippen molar-refractivity contribution in [3.05, 3.63) is 89.0 Å². The van der Waals surface area contributed by atoms with Crippen LogP contribution in [0.15, 0.2) is 66.7 Å². The number of carbonyl (C=O) groups is 1. The molecule has 1 saturated heterocycles. The van der Waals surface area contributed by atoms with Crippen molar-refractivity contribution in [2.24, 2.45) is 0 Å². The maximum Gasteiger partial charge on any atom is 0.186 e.